The van der Waals surface area contributed by atoms with E-state index < -0.39 is 0 Å². The molecule has 1 aliphatic heterocycles. The standard InChI is InChI=1S/C30H22N2S2/c1-5-13-23(14-6-1)29-27(33-25-17-9-3-10-18-25)21-22-28(34-26-19-11-4-12-20-26)30(32-31-29)24-15-7-2-8-16-24/h1-22H/b22-21-,27-21?,28-22?,29-27+,30-28+,31-29?,32-30?,32-31-. The lowest BCUT2D eigenvalue weighted by Crippen LogP contribution is -1.91. The van der Waals surface area contributed by atoms with E-state index in [0.717, 1.165) is 42.1 Å². The van der Waals surface area contributed by atoms with E-state index in [4.69, 9.17) is 10.2 Å². The van der Waals surface area contributed by atoms with Gasteiger partial charge in [-0.3, -0.25) is 0 Å². The van der Waals surface area contributed by atoms with Crippen LogP contribution in [0.4, 0.5) is 0 Å². The lowest BCUT2D eigenvalue weighted by molar-refractivity contribution is 1.23. The van der Waals surface area contributed by atoms with Crippen molar-refractivity contribution in [1.82, 2.24) is 0 Å². The molecular weight excluding hydrogens is 452 g/mol. The fraction of sp³-hybridized carbons (Fsp3) is 0. The molecule has 0 atom stereocenters. The van der Waals surface area contributed by atoms with E-state index in [-0.39, 0.29) is 0 Å². The molecule has 0 aromatic heterocycles. The molecular formula is C30H22N2S2. The van der Waals surface area contributed by atoms with Crippen molar-refractivity contribution in [3.05, 3.63) is 154 Å². The second-order valence-corrected chi connectivity index (χ2v) is 9.75. The minimum atomic E-state index is 0.864. The van der Waals surface area contributed by atoms with Crippen molar-refractivity contribution in [3.63, 3.8) is 0 Å². The molecule has 1 heterocycles. The topological polar surface area (TPSA) is 24.7 Å². The third kappa shape index (κ3) is 5.48. The van der Waals surface area contributed by atoms with E-state index in [9.17, 15) is 0 Å². The summed E-state index contributed by atoms with van der Waals surface area (Å²) < 4.78 is 0. The summed E-state index contributed by atoms with van der Waals surface area (Å²) in [5.74, 6) is 0. The number of allylic oxidation sites excluding steroid dienone is 2. The third-order valence-corrected chi connectivity index (χ3v) is 7.25. The molecule has 164 valence electrons. The van der Waals surface area contributed by atoms with E-state index in [2.05, 4.69) is 84.9 Å². The summed E-state index contributed by atoms with van der Waals surface area (Å²) in [5, 5.41) is 9.68. The maximum atomic E-state index is 4.84. The Hall–Kier alpha value is -3.60. The van der Waals surface area contributed by atoms with Gasteiger partial charge < -0.3 is 0 Å². The number of hydrogen-bond donors (Lipinski definition) is 0. The van der Waals surface area contributed by atoms with Crippen molar-refractivity contribution in [3.8, 4) is 0 Å². The molecule has 0 N–H and O–H groups in total. The average Bonchev–Trinajstić information content (AvgIpc) is 2.90. The maximum Gasteiger partial charge on any atom is 0.107 e. The van der Waals surface area contributed by atoms with Gasteiger partial charge in [0.2, 0.25) is 0 Å². The normalized spacial score (nSPS) is 19.8. The molecule has 34 heavy (non-hydrogen) atoms. The molecule has 0 aliphatic carbocycles. The Labute approximate surface area is 208 Å². The van der Waals surface area contributed by atoms with Crippen molar-refractivity contribution in [2.75, 3.05) is 0 Å². The first kappa shape index (κ1) is 22.2. The smallest absolute Gasteiger partial charge is 0.107 e. The number of azo groups is 1. The zero-order valence-corrected chi connectivity index (χ0v) is 20.0. The molecule has 0 saturated carbocycles. The summed E-state index contributed by atoms with van der Waals surface area (Å²) in [6, 6.07) is 41.3. The monoisotopic (exact) mass is 474 g/mol. The molecule has 4 heteroatoms. The first-order chi connectivity index (χ1) is 16.9. The summed E-state index contributed by atoms with van der Waals surface area (Å²) in [4.78, 5) is 4.44. The van der Waals surface area contributed by atoms with Gasteiger partial charge in [0.05, 0.1) is 0 Å². The molecule has 0 bridgehead atoms. The lowest BCUT2D eigenvalue weighted by Gasteiger charge is -2.14. The predicted molar refractivity (Wildman–Crippen MR) is 145 cm³/mol. The Morgan fingerprint density at radius 3 is 1.06 bits per heavy atom. The van der Waals surface area contributed by atoms with Crippen molar-refractivity contribution in [1.29, 1.82) is 0 Å². The third-order valence-electron chi connectivity index (χ3n) is 5.14. The lowest BCUT2D eigenvalue weighted by atomic mass is 10.1. The highest BCUT2D eigenvalue weighted by atomic mass is 32.2. The number of rotatable bonds is 6. The fourth-order valence-corrected chi connectivity index (χ4v) is 5.37. The molecule has 1 aliphatic rings. The second kappa shape index (κ2) is 11.0. The largest absolute Gasteiger partial charge is 0.149 e. The van der Waals surface area contributed by atoms with Crippen LogP contribution in [0, 0.1) is 0 Å². The second-order valence-electron chi connectivity index (χ2n) is 7.52. The van der Waals surface area contributed by atoms with Crippen molar-refractivity contribution in [2.45, 2.75) is 9.79 Å². The van der Waals surface area contributed by atoms with Gasteiger partial charge in [-0.05, 0) is 36.4 Å². The molecule has 0 radical (unpaired) electrons. The zero-order valence-electron chi connectivity index (χ0n) is 18.4. The molecule has 4 aromatic carbocycles. The van der Waals surface area contributed by atoms with Crippen molar-refractivity contribution < 1.29 is 0 Å². The van der Waals surface area contributed by atoms with Crippen LogP contribution in [-0.2, 0) is 0 Å². The number of thioether (sulfide) groups is 2. The number of hydrogen-bond acceptors (Lipinski definition) is 4. The molecule has 2 nitrogen and oxygen atoms in total. The van der Waals surface area contributed by atoms with E-state index >= 15 is 0 Å². The number of benzene rings is 4. The highest BCUT2D eigenvalue weighted by Gasteiger charge is 2.16. The quantitative estimate of drug-likeness (QED) is 0.278. The molecule has 0 spiro atoms. The van der Waals surface area contributed by atoms with Crippen molar-refractivity contribution >= 4 is 34.9 Å². The Morgan fingerprint density at radius 2 is 0.706 bits per heavy atom. The summed E-state index contributed by atoms with van der Waals surface area (Å²) in [6.07, 6.45) is 4.35. The van der Waals surface area contributed by atoms with Crippen LogP contribution in [0.1, 0.15) is 11.1 Å². The van der Waals surface area contributed by atoms with Gasteiger partial charge in [0.15, 0.2) is 0 Å². The van der Waals surface area contributed by atoms with Crippen LogP contribution in [0.5, 0.6) is 0 Å². The van der Waals surface area contributed by atoms with Gasteiger partial charge in [0, 0.05) is 30.7 Å². The van der Waals surface area contributed by atoms with Gasteiger partial charge in [-0.25, -0.2) is 0 Å². The van der Waals surface area contributed by atoms with Crippen LogP contribution in [0.15, 0.2) is 163 Å². The Balaban J connectivity index is 1.63. The Kier molecular flexibility index (Phi) is 7.19. The number of nitrogens with zero attached hydrogens (tertiary/aromatic N) is 2. The maximum absolute atomic E-state index is 4.84. The average molecular weight is 475 g/mol. The van der Waals surface area contributed by atoms with Gasteiger partial charge in [0.1, 0.15) is 11.4 Å². The first-order valence-electron chi connectivity index (χ1n) is 11.0. The molecule has 0 amide bonds. The van der Waals surface area contributed by atoms with Crippen LogP contribution in [0.25, 0.3) is 11.4 Å². The molecule has 0 unspecified atom stereocenters. The minimum absolute atomic E-state index is 0.864. The molecule has 0 saturated heterocycles. The highest BCUT2D eigenvalue weighted by molar-refractivity contribution is 8.04. The summed E-state index contributed by atoms with van der Waals surface area (Å²) in [6.45, 7) is 0. The molecule has 0 fully saturated rings. The van der Waals surface area contributed by atoms with Gasteiger partial charge in [0.25, 0.3) is 0 Å². The summed E-state index contributed by atoms with van der Waals surface area (Å²) >= 11 is 3.41. The highest BCUT2D eigenvalue weighted by Crippen LogP contribution is 2.41. The van der Waals surface area contributed by atoms with Gasteiger partial charge in [-0.15, -0.1) is 10.2 Å². The van der Waals surface area contributed by atoms with E-state index in [1.807, 2.05) is 48.5 Å². The van der Waals surface area contributed by atoms with Gasteiger partial charge in [-0.2, -0.15) is 0 Å². The van der Waals surface area contributed by atoms with Crippen molar-refractivity contribution in [2.24, 2.45) is 10.2 Å². The van der Waals surface area contributed by atoms with Crippen LogP contribution in [-0.4, -0.2) is 0 Å². The zero-order chi connectivity index (χ0) is 23.0. The molecule has 5 rings (SSSR count). The Morgan fingerprint density at radius 1 is 0.382 bits per heavy atom. The van der Waals surface area contributed by atoms with E-state index in [0.29, 0.717) is 0 Å². The van der Waals surface area contributed by atoms with Crippen LogP contribution in [0.2, 0.25) is 0 Å². The van der Waals surface area contributed by atoms with Crippen LogP contribution in [0.3, 0.4) is 0 Å². The van der Waals surface area contributed by atoms with Gasteiger partial charge >= 0.3 is 0 Å². The fourth-order valence-electron chi connectivity index (χ4n) is 3.50. The van der Waals surface area contributed by atoms with Gasteiger partial charge in [-0.1, -0.05) is 121 Å². The van der Waals surface area contributed by atoms with Crippen LogP contribution < -0.4 is 0 Å². The summed E-state index contributed by atoms with van der Waals surface area (Å²) in [5.41, 5.74) is 3.81. The van der Waals surface area contributed by atoms with E-state index in [1.54, 1.807) is 23.5 Å². The first-order valence-corrected chi connectivity index (χ1v) is 12.7. The minimum Gasteiger partial charge on any atom is -0.149 e. The predicted octanol–water partition coefficient (Wildman–Crippen LogP) is 9.33. The SMILES string of the molecule is C1=C\C(Sc2ccccc2)=C(c2ccccc2)/N=N\C(c2ccccc2)=C/1Sc1ccccc1. The van der Waals surface area contributed by atoms with E-state index in [1.165, 1.54) is 0 Å². The Bertz CT molecular complexity index is 1250. The van der Waals surface area contributed by atoms with Crippen LogP contribution >= 0.6 is 23.5 Å². The molecule has 4 aromatic rings. The summed E-state index contributed by atoms with van der Waals surface area (Å²) in [7, 11) is 0.